The number of hydrogen-bond donors (Lipinski definition) is 1. The number of rotatable bonds is 1. The lowest BCUT2D eigenvalue weighted by molar-refractivity contribution is -0.138. The average Bonchev–Trinajstić information content (AvgIpc) is 2.00. The van der Waals surface area contributed by atoms with Crippen LogP contribution < -0.4 is 0 Å². The summed E-state index contributed by atoms with van der Waals surface area (Å²) in [5.41, 5.74) is -2.10. The molecule has 0 spiro atoms. The molecule has 15 heavy (non-hydrogen) atoms. The van der Waals surface area contributed by atoms with E-state index in [4.69, 9.17) is 16.7 Å². The third kappa shape index (κ3) is 2.38. The van der Waals surface area contributed by atoms with Crippen molar-refractivity contribution in [1.82, 2.24) is 4.98 Å². The summed E-state index contributed by atoms with van der Waals surface area (Å²) < 4.78 is 37.0. The van der Waals surface area contributed by atoms with Gasteiger partial charge in [0.1, 0.15) is 5.15 Å². The Morgan fingerprint density at radius 1 is 1.53 bits per heavy atom. The molecule has 1 N–H and O–H groups in total. The second kappa shape index (κ2) is 3.69. The normalized spacial score (nSPS) is 11.5. The molecule has 0 amide bonds. The number of aromatic carboxylic acids is 1. The lowest BCUT2D eigenvalue weighted by Gasteiger charge is -2.10. The van der Waals surface area contributed by atoms with Crippen LogP contribution in [0.4, 0.5) is 13.2 Å². The molecule has 0 radical (unpaired) electrons. The number of carbonyl (C=O) groups is 1. The van der Waals surface area contributed by atoms with E-state index < -0.39 is 28.4 Å². The minimum atomic E-state index is -4.63. The first-order valence-corrected chi connectivity index (χ1v) is 4.09. The van der Waals surface area contributed by atoms with Gasteiger partial charge in [0.05, 0.1) is 16.8 Å². The van der Waals surface area contributed by atoms with E-state index in [0.717, 1.165) is 6.92 Å². The van der Waals surface area contributed by atoms with Crippen molar-refractivity contribution in [1.29, 1.82) is 0 Å². The molecule has 1 rings (SSSR count). The fraction of sp³-hybridized carbons (Fsp3) is 0.250. The van der Waals surface area contributed by atoms with Gasteiger partial charge in [0.2, 0.25) is 0 Å². The highest BCUT2D eigenvalue weighted by Crippen LogP contribution is 2.33. The third-order valence-electron chi connectivity index (χ3n) is 1.70. The molecule has 1 aromatic rings. The first-order valence-electron chi connectivity index (χ1n) is 3.71. The molecule has 0 atom stereocenters. The minimum Gasteiger partial charge on any atom is -0.478 e. The third-order valence-corrected chi connectivity index (χ3v) is 1.99. The molecule has 0 bridgehead atoms. The van der Waals surface area contributed by atoms with E-state index in [2.05, 4.69) is 4.98 Å². The van der Waals surface area contributed by atoms with Crippen molar-refractivity contribution in [2.24, 2.45) is 0 Å². The number of pyridine rings is 1. The molecular formula is C8H5ClF3NO2. The summed E-state index contributed by atoms with van der Waals surface area (Å²) >= 11 is 5.39. The minimum absolute atomic E-state index is 0.350. The van der Waals surface area contributed by atoms with Gasteiger partial charge in [0.25, 0.3) is 0 Å². The molecule has 0 aliphatic carbocycles. The maximum absolute atomic E-state index is 12.3. The van der Waals surface area contributed by atoms with Crippen LogP contribution in [-0.2, 0) is 6.18 Å². The maximum Gasteiger partial charge on any atom is 0.418 e. The number of halogens is 4. The SMILES string of the molecule is Cc1nc(Cl)c(C(=O)O)cc1C(F)(F)F. The number of nitrogens with zero attached hydrogens (tertiary/aromatic N) is 1. The van der Waals surface area contributed by atoms with E-state index in [9.17, 15) is 18.0 Å². The second-order valence-corrected chi connectivity index (χ2v) is 3.12. The first-order chi connectivity index (χ1) is 6.73. The topological polar surface area (TPSA) is 50.2 Å². The molecule has 1 aromatic heterocycles. The highest BCUT2D eigenvalue weighted by Gasteiger charge is 2.34. The summed E-state index contributed by atoms with van der Waals surface area (Å²) in [6.07, 6.45) is -4.63. The largest absolute Gasteiger partial charge is 0.478 e. The molecule has 1 heterocycles. The Morgan fingerprint density at radius 3 is 2.47 bits per heavy atom. The van der Waals surface area contributed by atoms with Gasteiger partial charge in [-0.25, -0.2) is 9.78 Å². The monoisotopic (exact) mass is 239 g/mol. The predicted molar refractivity (Wildman–Crippen MR) is 45.9 cm³/mol. The zero-order valence-electron chi connectivity index (χ0n) is 7.39. The quantitative estimate of drug-likeness (QED) is 0.767. The van der Waals surface area contributed by atoms with E-state index in [-0.39, 0.29) is 5.69 Å². The van der Waals surface area contributed by atoms with Gasteiger partial charge < -0.3 is 5.11 Å². The zero-order chi connectivity index (χ0) is 11.8. The fourth-order valence-corrected chi connectivity index (χ4v) is 1.28. The molecule has 0 saturated heterocycles. The van der Waals surface area contributed by atoms with Gasteiger partial charge in [0.15, 0.2) is 0 Å². The van der Waals surface area contributed by atoms with Gasteiger partial charge in [-0.2, -0.15) is 13.2 Å². The van der Waals surface area contributed by atoms with Crippen LogP contribution in [0.1, 0.15) is 21.6 Å². The number of aryl methyl sites for hydroxylation is 1. The Balaban J connectivity index is 3.43. The Hall–Kier alpha value is -1.30. The first kappa shape index (κ1) is 11.8. The van der Waals surface area contributed by atoms with Crippen LogP contribution in [0.5, 0.6) is 0 Å². The van der Waals surface area contributed by atoms with Crippen LogP contribution in [0.25, 0.3) is 0 Å². The van der Waals surface area contributed by atoms with Crippen LogP contribution in [0.2, 0.25) is 5.15 Å². The van der Waals surface area contributed by atoms with E-state index in [1.54, 1.807) is 0 Å². The average molecular weight is 240 g/mol. The molecule has 82 valence electrons. The van der Waals surface area contributed by atoms with E-state index >= 15 is 0 Å². The summed E-state index contributed by atoms with van der Waals surface area (Å²) in [5.74, 6) is -1.54. The molecule has 0 saturated carbocycles. The summed E-state index contributed by atoms with van der Waals surface area (Å²) in [5, 5.41) is 8.10. The van der Waals surface area contributed by atoms with Crippen LogP contribution in [0.15, 0.2) is 6.07 Å². The fourth-order valence-electron chi connectivity index (χ4n) is 1.01. The smallest absolute Gasteiger partial charge is 0.418 e. The summed E-state index contributed by atoms with van der Waals surface area (Å²) in [6.45, 7) is 1.11. The van der Waals surface area contributed by atoms with Gasteiger partial charge in [-0.15, -0.1) is 0 Å². The number of hydrogen-bond acceptors (Lipinski definition) is 2. The van der Waals surface area contributed by atoms with Crippen LogP contribution in [0.3, 0.4) is 0 Å². The van der Waals surface area contributed by atoms with Gasteiger partial charge in [-0.05, 0) is 13.0 Å². The van der Waals surface area contributed by atoms with Crippen molar-refractivity contribution in [2.45, 2.75) is 13.1 Å². The van der Waals surface area contributed by atoms with Gasteiger partial charge >= 0.3 is 12.1 Å². The van der Waals surface area contributed by atoms with E-state index in [1.807, 2.05) is 0 Å². The van der Waals surface area contributed by atoms with Gasteiger partial charge in [-0.1, -0.05) is 11.6 Å². The van der Waals surface area contributed by atoms with Crippen molar-refractivity contribution in [3.8, 4) is 0 Å². The molecule has 0 unspecified atom stereocenters. The molecule has 7 heteroatoms. The Kier molecular flexibility index (Phi) is 2.90. The number of aromatic nitrogens is 1. The molecule has 3 nitrogen and oxygen atoms in total. The van der Waals surface area contributed by atoms with Gasteiger partial charge in [-0.3, -0.25) is 0 Å². The van der Waals surface area contributed by atoms with Crippen molar-refractivity contribution in [2.75, 3.05) is 0 Å². The molecule has 0 fully saturated rings. The van der Waals surface area contributed by atoms with Crippen LogP contribution >= 0.6 is 11.6 Å². The summed E-state index contributed by atoms with van der Waals surface area (Å²) in [7, 11) is 0. The highest BCUT2D eigenvalue weighted by molar-refractivity contribution is 6.32. The van der Waals surface area contributed by atoms with Gasteiger partial charge in [0, 0.05) is 0 Å². The Morgan fingerprint density at radius 2 is 2.07 bits per heavy atom. The highest BCUT2D eigenvalue weighted by atomic mass is 35.5. The van der Waals surface area contributed by atoms with Crippen molar-refractivity contribution in [3.63, 3.8) is 0 Å². The molecule has 0 aromatic carbocycles. The standard InChI is InChI=1S/C8H5ClF3NO2/c1-3-5(8(10,11)12)2-4(7(14)15)6(9)13-3/h2H,1H3,(H,14,15). The molecule has 0 aliphatic rings. The van der Waals surface area contributed by atoms with E-state index in [1.165, 1.54) is 0 Å². The van der Waals surface area contributed by atoms with Crippen molar-refractivity contribution in [3.05, 3.63) is 28.0 Å². The van der Waals surface area contributed by atoms with Crippen molar-refractivity contribution >= 4 is 17.6 Å². The van der Waals surface area contributed by atoms with Crippen LogP contribution in [-0.4, -0.2) is 16.1 Å². The lowest BCUT2D eigenvalue weighted by atomic mass is 10.1. The molecule has 0 aliphatic heterocycles. The van der Waals surface area contributed by atoms with Crippen LogP contribution in [0, 0.1) is 6.92 Å². The predicted octanol–water partition coefficient (Wildman–Crippen LogP) is 2.76. The Bertz CT molecular complexity index is 417. The molecular weight excluding hydrogens is 235 g/mol. The number of carboxylic acids is 1. The zero-order valence-corrected chi connectivity index (χ0v) is 8.15. The Labute approximate surface area is 87.5 Å². The van der Waals surface area contributed by atoms with Crippen molar-refractivity contribution < 1.29 is 23.1 Å². The number of alkyl halides is 3. The maximum atomic E-state index is 12.3. The lowest BCUT2D eigenvalue weighted by Crippen LogP contribution is -2.12. The summed E-state index contributed by atoms with van der Waals surface area (Å²) in [4.78, 5) is 13.8. The number of carboxylic acid groups (broad SMARTS) is 1. The summed E-state index contributed by atoms with van der Waals surface area (Å²) in [6, 6.07) is 0.479. The van der Waals surface area contributed by atoms with E-state index in [0.29, 0.717) is 6.07 Å². The second-order valence-electron chi connectivity index (χ2n) is 2.76.